The van der Waals surface area contributed by atoms with Crippen molar-refractivity contribution in [1.82, 2.24) is 4.31 Å². The molecule has 0 spiro atoms. The molecule has 106 valence electrons. The fourth-order valence-corrected chi connectivity index (χ4v) is 3.31. The molecule has 0 saturated carbocycles. The average Bonchev–Trinajstić information content (AvgIpc) is 2.28. The van der Waals surface area contributed by atoms with Crippen LogP contribution in [-0.4, -0.2) is 41.0 Å². The second kappa shape index (κ2) is 5.40. The van der Waals surface area contributed by atoms with E-state index in [0.29, 0.717) is 0 Å². The molecule has 5 nitrogen and oxygen atoms in total. The number of sulfone groups is 1. The number of sulfonamides is 1. The monoisotopic (exact) mass is 307 g/mol. The summed E-state index contributed by atoms with van der Waals surface area (Å²) in [5.41, 5.74) is 0. The van der Waals surface area contributed by atoms with Crippen molar-refractivity contribution in [3.05, 3.63) is 36.7 Å². The van der Waals surface area contributed by atoms with Gasteiger partial charge in [0.25, 0.3) is 0 Å². The number of nitrogens with zero attached hydrogens (tertiary/aromatic N) is 1. The molecule has 0 bridgehead atoms. The van der Waals surface area contributed by atoms with Crippen LogP contribution in [0.3, 0.4) is 0 Å². The van der Waals surface area contributed by atoms with Crippen LogP contribution in [0.2, 0.25) is 0 Å². The molecule has 0 amide bonds. The summed E-state index contributed by atoms with van der Waals surface area (Å²) in [6.45, 7) is 3.38. The van der Waals surface area contributed by atoms with Crippen molar-refractivity contribution < 1.29 is 21.2 Å². The lowest BCUT2D eigenvalue weighted by atomic mass is 10.3. The van der Waals surface area contributed by atoms with Crippen LogP contribution in [0.4, 0.5) is 4.39 Å². The molecule has 0 radical (unpaired) electrons. The van der Waals surface area contributed by atoms with Crippen LogP contribution in [0.5, 0.6) is 0 Å². The van der Waals surface area contributed by atoms with Gasteiger partial charge in [-0.3, -0.25) is 0 Å². The first-order valence-corrected chi connectivity index (χ1v) is 8.50. The van der Waals surface area contributed by atoms with Crippen molar-refractivity contribution in [2.24, 2.45) is 0 Å². The smallest absolute Gasteiger partial charge is 0.224 e. The molecule has 0 atom stereocenters. The van der Waals surface area contributed by atoms with Crippen molar-refractivity contribution in [2.75, 3.05) is 19.8 Å². The zero-order valence-electron chi connectivity index (χ0n) is 10.5. The standard InChI is InChI=1S/C11H14FNO4S2/c1-4-7-13(2)19(16,17)11-8-9(18(3,14)15)5-6-10(11)12/h4-6,8H,1,7H2,2-3H3. The van der Waals surface area contributed by atoms with Crippen LogP contribution in [-0.2, 0) is 19.9 Å². The minimum atomic E-state index is -4.09. The van der Waals surface area contributed by atoms with E-state index in [9.17, 15) is 21.2 Å². The number of benzene rings is 1. The van der Waals surface area contributed by atoms with Gasteiger partial charge in [0.1, 0.15) is 10.7 Å². The van der Waals surface area contributed by atoms with E-state index in [1.54, 1.807) is 0 Å². The van der Waals surface area contributed by atoms with Gasteiger partial charge in [0.15, 0.2) is 9.84 Å². The fourth-order valence-electron chi connectivity index (χ4n) is 1.36. The van der Waals surface area contributed by atoms with Gasteiger partial charge in [-0.05, 0) is 18.2 Å². The second-order valence-electron chi connectivity index (χ2n) is 3.94. The van der Waals surface area contributed by atoms with E-state index in [1.807, 2.05) is 0 Å². The predicted molar refractivity (Wildman–Crippen MR) is 69.5 cm³/mol. The van der Waals surface area contributed by atoms with Gasteiger partial charge in [-0.15, -0.1) is 6.58 Å². The van der Waals surface area contributed by atoms with Gasteiger partial charge in [0, 0.05) is 19.8 Å². The average molecular weight is 307 g/mol. The van der Waals surface area contributed by atoms with Crippen LogP contribution in [0.25, 0.3) is 0 Å². The molecule has 0 fully saturated rings. The van der Waals surface area contributed by atoms with Crippen molar-refractivity contribution in [2.45, 2.75) is 9.79 Å². The van der Waals surface area contributed by atoms with Crippen LogP contribution in [0.15, 0.2) is 40.6 Å². The molecule has 19 heavy (non-hydrogen) atoms. The predicted octanol–water partition coefficient (Wildman–Crippen LogP) is 1.04. The molecule has 0 heterocycles. The van der Waals surface area contributed by atoms with Crippen LogP contribution in [0, 0.1) is 5.82 Å². The Hall–Kier alpha value is -1.25. The van der Waals surface area contributed by atoms with Gasteiger partial charge in [0.05, 0.1) is 4.90 Å². The summed E-state index contributed by atoms with van der Waals surface area (Å²) >= 11 is 0. The molecule has 0 unspecified atom stereocenters. The van der Waals surface area contributed by atoms with E-state index in [0.717, 1.165) is 28.8 Å². The second-order valence-corrected chi connectivity index (χ2v) is 7.97. The fraction of sp³-hybridized carbons (Fsp3) is 0.273. The summed E-state index contributed by atoms with van der Waals surface area (Å²) in [4.78, 5) is -0.917. The highest BCUT2D eigenvalue weighted by Gasteiger charge is 2.25. The summed E-state index contributed by atoms with van der Waals surface area (Å²) < 4.78 is 61.4. The first-order chi connectivity index (χ1) is 8.60. The Morgan fingerprint density at radius 1 is 1.32 bits per heavy atom. The summed E-state index contributed by atoms with van der Waals surface area (Å²) in [6, 6.07) is 2.67. The lowest BCUT2D eigenvalue weighted by Crippen LogP contribution is -2.28. The quantitative estimate of drug-likeness (QED) is 0.602. The van der Waals surface area contributed by atoms with Crippen molar-refractivity contribution in [1.29, 1.82) is 0 Å². The van der Waals surface area contributed by atoms with E-state index >= 15 is 0 Å². The van der Waals surface area contributed by atoms with Crippen LogP contribution in [0.1, 0.15) is 0 Å². The van der Waals surface area contributed by atoms with E-state index < -0.39 is 30.6 Å². The van der Waals surface area contributed by atoms with Gasteiger partial charge in [-0.1, -0.05) is 6.08 Å². The lowest BCUT2D eigenvalue weighted by molar-refractivity contribution is 0.489. The van der Waals surface area contributed by atoms with Gasteiger partial charge in [-0.2, -0.15) is 4.31 Å². The largest absolute Gasteiger partial charge is 0.246 e. The molecular formula is C11H14FNO4S2. The van der Waals surface area contributed by atoms with Crippen LogP contribution >= 0.6 is 0 Å². The molecule has 0 aliphatic rings. The zero-order valence-corrected chi connectivity index (χ0v) is 12.1. The van der Waals surface area contributed by atoms with Crippen molar-refractivity contribution in [3.8, 4) is 0 Å². The molecule has 0 aliphatic heterocycles. The molecule has 0 N–H and O–H groups in total. The third kappa shape index (κ3) is 3.40. The lowest BCUT2D eigenvalue weighted by Gasteiger charge is -2.16. The Morgan fingerprint density at radius 2 is 1.89 bits per heavy atom. The number of hydrogen-bond acceptors (Lipinski definition) is 4. The Balaban J connectivity index is 3.46. The van der Waals surface area contributed by atoms with Crippen molar-refractivity contribution >= 4 is 19.9 Å². The number of hydrogen-bond donors (Lipinski definition) is 0. The summed E-state index contributed by atoms with van der Waals surface area (Å²) in [5.74, 6) is -0.997. The maximum absolute atomic E-state index is 13.6. The van der Waals surface area contributed by atoms with E-state index in [2.05, 4.69) is 6.58 Å². The molecule has 8 heteroatoms. The van der Waals surface area contributed by atoms with Gasteiger partial charge in [0.2, 0.25) is 10.0 Å². The minimum Gasteiger partial charge on any atom is -0.224 e. The Kier molecular flexibility index (Phi) is 4.49. The van der Waals surface area contributed by atoms with E-state index in [4.69, 9.17) is 0 Å². The SMILES string of the molecule is C=CCN(C)S(=O)(=O)c1cc(S(C)(=O)=O)ccc1F. The Bertz CT molecular complexity index is 695. The molecule has 1 aromatic rings. The van der Waals surface area contributed by atoms with Gasteiger partial charge in [-0.25, -0.2) is 21.2 Å². The number of rotatable bonds is 5. The molecule has 1 rings (SSSR count). The Labute approximate surface area is 112 Å². The summed E-state index contributed by atoms with van der Waals surface area (Å²) in [6.07, 6.45) is 2.26. The minimum absolute atomic E-state index is 0.00905. The number of likely N-dealkylation sites (N-methyl/N-ethyl adjacent to an activating group) is 1. The maximum Gasteiger partial charge on any atom is 0.246 e. The third-order valence-corrected chi connectivity index (χ3v) is 5.35. The summed E-state index contributed by atoms with van der Waals surface area (Å²) in [7, 11) is -6.45. The Morgan fingerprint density at radius 3 is 2.37 bits per heavy atom. The molecule has 0 aromatic heterocycles. The summed E-state index contributed by atoms with van der Waals surface area (Å²) in [5, 5.41) is 0. The molecular weight excluding hydrogens is 293 g/mol. The number of halogens is 1. The maximum atomic E-state index is 13.6. The molecule has 0 saturated heterocycles. The first-order valence-electron chi connectivity index (χ1n) is 5.17. The van der Waals surface area contributed by atoms with E-state index in [-0.39, 0.29) is 11.4 Å². The third-order valence-electron chi connectivity index (χ3n) is 2.41. The van der Waals surface area contributed by atoms with Gasteiger partial charge < -0.3 is 0 Å². The van der Waals surface area contributed by atoms with Crippen molar-refractivity contribution in [3.63, 3.8) is 0 Å². The van der Waals surface area contributed by atoms with Gasteiger partial charge >= 0.3 is 0 Å². The topological polar surface area (TPSA) is 71.5 Å². The zero-order chi connectivity index (χ0) is 14.8. The van der Waals surface area contributed by atoms with Crippen LogP contribution < -0.4 is 0 Å². The highest BCUT2D eigenvalue weighted by Crippen LogP contribution is 2.22. The first kappa shape index (κ1) is 15.8. The van der Waals surface area contributed by atoms with E-state index in [1.165, 1.54) is 13.1 Å². The normalized spacial score (nSPS) is 12.6. The highest BCUT2D eigenvalue weighted by atomic mass is 32.2. The highest BCUT2D eigenvalue weighted by molar-refractivity contribution is 7.91. The molecule has 1 aromatic carbocycles. The molecule has 0 aliphatic carbocycles.